The number of hydrogen-bond donors (Lipinski definition) is 0. The Morgan fingerprint density at radius 2 is 1.96 bits per heavy atom. The van der Waals surface area contributed by atoms with Crippen molar-refractivity contribution in [2.45, 2.75) is 16.6 Å². The minimum absolute atomic E-state index is 0.0491. The van der Waals surface area contributed by atoms with Crippen molar-refractivity contribution >= 4 is 32.9 Å². The quantitative estimate of drug-likeness (QED) is 0.597. The molecule has 3 rings (SSSR count). The Morgan fingerprint density at radius 3 is 2.70 bits per heavy atom. The highest BCUT2D eigenvalue weighted by Crippen LogP contribution is 2.19. The first-order valence-electron chi connectivity index (χ1n) is 6.84. The summed E-state index contributed by atoms with van der Waals surface area (Å²) in [5, 5.41) is 14.2. The molecule has 0 fully saturated rings. The summed E-state index contributed by atoms with van der Waals surface area (Å²) < 4.78 is 26.1. The van der Waals surface area contributed by atoms with Gasteiger partial charge >= 0.3 is 0 Å². The van der Waals surface area contributed by atoms with Crippen molar-refractivity contribution in [2.75, 3.05) is 11.5 Å². The standard InChI is InChI=1S/C14H14N4O2S3/c19-23(20,13-6-2-1-3-7-13)10-9-22-14-15-16-17-18(14)11-12-5-4-8-21-12/h1-8H,9-11H2. The van der Waals surface area contributed by atoms with Gasteiger partial charge in [0.1, 0.15) is 0 Å². The van der Waals surface area contributed by atoms with E-state index in [1.54, 1.807) is 46.4 Å². The van der Waals surface area contributed by atoms with E-state index in [1.807, 2.05) is 17.5 Å². The van der Waals surface area contributed by atoms with Crippen LogP contribution in [0.2, 0.25) is 0 Å². The lowest BCUT2D eigenvalue weighted by Crippen LogP contribution is -2.10. The molecular formula is C14H14N4O2S3. The topological polar surface area (TPSA) is 77.7 Å². The van der Waals surface area contributed by atoms with Gasteiger partial charge in [-0.25, -0.2) is 13.1 Å². The lowest BCUT2D eigenvalue weighted by Gasteiger charge is -2.05. The van der Waals surface area contributed by atoms with E-state index in [-0.39, 0.29) is 5.75 Å². The zero-order chi connectivity index (χ0) is 16.1. The Morgan fingerprint density at radius 1 is 1.13 bits per heavy atom. The fraction of sp³-hybridized carbons (Fsp3) is 0.214. The molecule has 2 aromatic heterocycles. The summed E-state index contributed by atoms with van der Waals surface area (Å²) in [6.07, 6.45) is 0. The van der Waals surface area contributed by atoms with Crippen LogP contribution < -0.4 is 0 Å². The van der Waals surface area contributed by atoms with Gasteiger partial charge in [0.05, 0.1) is 17.2 Å². The Balaban J connectivity index is 1.60. The molecule has 2 heterocycles. The first-order valence-corrected chi connectivity index (χ1v) is 10.4. The van der Waals surface area contributed by atoms with Crippen LogP contribution in [0, 0.1) is 0 Å². The lowest BCUT2D eigenvalue weighted by molar-refractivity contribution is 0.597. The van der Waals surface area contributed by atoms with Gasteiger partial charge in [-0.3, -0.25) is 0 Å². The normalized spacial score (nSPS) is 11.7. The van der Waals surface area contributed by atoms with Crippen molar-refractivity contribution in [3.8, 4) is 0 Å². The van der Waals surface area contributed by atoms with E-state index in [1.165, 1.54) is 11.8 Å². The third-order valence-corrected chi connectivity index (χ3v) is 6.88. The van der Waals surface area contributed by atoms with Crippen LogP contribution in [-0.4, -0.2) is 40.1 Å². The SMILES string of the molecule is O=S(=O)(CCSc1nnnn1Cc1cccs1)c1ccccc1. The zero-order valence-corrected chi connectivity index (χ0v) is 14.5. The summed E-state index contributed by atoms with van der Waals surface area (Å²) in [5.74, 6) is 0.454. The molecular weight excluding hydrogens is 352 g/mol. The summed E-state index contributed by atoms with van der Waals surface area (Å²) in [6.45, 7) is 0.596. The fourth-order valence-corrected chi connectivity index (χ4v) is 5.17. The van der Waals surface area contributed by atoms with Crippen LogP contribution >= 0.6 is 23.1 Å². The maximum absolute atomic E-state index is 12.2. The minimum atomic E-state index is -3.27. The molecule has 1 aromatic carbocycles. The molecule has 3 aromatic rings. The van der Waals surface area contributed by atoms with E-state index < -0.39 is 9.84 Å². The van der Waals surface area contributed by atoms with E-state index in [0.717, 1.165) is 4.88 Å². The van der Waals surface area contributed by atoms with Crippen LogP contribution in [0.3, 0.4) is 0 Å². The van der Waals surface area contributed by atoms with Gasteiger partial charge in [0, 0.05) is 10.6 Å². The number of nitrogens with zero attached hydrogens (tertiary/aromatic N) is 4. The van der Waals surface area contributed by atoms with Gasteiger partial charge in [0.15, 0.2) is 9.84 Å². The second-order valence-electron chi connectivity index (χ2n) is 4.68. The van der Waals surface area contributed by atoms with Crippen LogP contribution in [0.15, 0.2) is 57.9 Å². The summed E-state index contributed by atoms with van der Waals surface area (Å²) in [6, 6.07) is 12.5. The Kier molecular flexibility index (Phi) is 5.09. The number of rotatable bonds is 7. The summed E-state index contributed by atoms with van der Waals surface area (Å²) in [7, 11) is -3.27. The van der Waals surface area contributed by atoms with Crippen LogP contribution in [0.4, 0.5) is 0 Å². The number of thioether (sulfide) groups is 1. The van der Waals surface area contributed by atoms with Crippen LogP contribution in [0.1, 0.15) is 4.88 Å². The van der Waals surface area contributed by atoms with Crippen LogP contribution in [0.5, 0.6) is 0 Å². The smallest absolute Gasteiger partial charge is 0.209 e. The highest BCUT2D eigenvalue weighted by molar-refractivity contribution is 8.00. The van der Waals surface area contributed by atoms with Crippen LogP contribution in [0.25, 0.3) is 0 Å². The lowest BCUT2D eigenvalue weighted by atomic mass is 10.4. The molecule has 6 nitrogen and oxygen atoms in total. The van der Waals surface area contributed by atoms with Gasteiger partial charge in [0.25, 0.3) is 0 Å². The Labute approximate surface area is 142 Å². The van der Waals surface area contributed by atoms with Gasteiger partial charge in [-0.05, 0) is 34.0 Å². The average molecular weight is 366 g/mol. The van der Waals surface area contributed by atoms with E-state index in [4.69, 9.17) is 0 Å². The fourth-order valence-electron chi connectivity index (χ4n) is 1.94. The van der Waals surface area contributed by atoms with Gasteiger partial charge in [0.2, 0.25) is 5.16 Å². The third kappa shape index (κ3) is 4.18. The van der Waals surface area contributed by atoms with Crippen molar-refractivity contribution < 1.29 is 8.42 Å². The number of tetrazole rings is 1. The second kappa shape index (κ2) is 7.24. The average Bonchev–Trinajstić information content (AvgIpc) is 3.21. The maximum Gasteiger partial charge on any atom is 0.209 e. The van der Waals surface area contributed by atoms with Gasteiger partial charge in [-0.15, -0.1) is 16.4 Å². The number of sulfone groups is 1. The predicted octanol–water partition coefficient (Wildman–Crippen LogP) is 2.35. The van der Waals surface area contributed by atoms with Crippen molar-refractivity contribution in [2.24, 2.45) is 0 Å². The number of thiophene rings is 1. The summed E-state index contributed by atoms with van der Waals surface area (Å²) >= 11 is 2.98. The largest absolute Gasteiger partial charge is 0.224 e. The van der Waals surface area contributed by atoms with E-state index in [0.29, 0.717) is 22.3 Å². The zero-order valence-electron chi connectivity index (χ0n) is 12.1. The molecule has 0 N–H and O–H groups in total. The molecule has 0 spiro atoms. The molecule has 0 bridgehead atoms. The minimum Gasteiger partial charge on any atom is -0.224 e. The van der Waals surface area contributed by atoms with Crippen molar-refractivity contribution in [1.82, 2.24) is 20.2 Å². The second-order valence-corrected chi connectivity index (χ2v) is 8.88. The van der Waals surface area contributed by atoms with Gasteiger partial charge < -0.3 is 0 Å². The maximum atomic E-state index is 12.2. The number of benzene rings is 1. The highest BCUT2D eigenvalue weighted by atomic mass is 32.2. The molecule has 0 unspecified atom stereocenters. The molecule has 0 amide bonds. The molecule has 0 aliphatic heterocycles. The summed E-state index contributed by atoms with van der Waals surface area (Å²) in [5.41, 5.74) is 0. The van der Waals surface area contributed by atoms with E-state index in [9.17, 15) is 8.42 Å². The van der Waals surface area contributed by atoms with Crippen molar-refractivity contribution in [3.63, 3.8) is 0 Å². The highest BCUT2D eigenvalue weighted by Gasteiger charge is 2.15. The van der Waals surface area contributed by atoms with Crippen molar-refractivity contribution in [3.05, 3.63) is 52.7 Å². The van der Waals surface area contributed by atoms with Gasteiger partial charge in [-0.1, -0.05) is 36.0 Å². The molecule has 0 aliphatic rings. The van der Waals surface area contributed by atoms with Crippen LogP contribution in [-0.2, 0) is 16.4 Å². The number of aromatic nitrogens is 4. The first kappa shape index (κ1) is 16.2. The monoisotopic (exact) mass is 366 g/mol. The molecule has 0 radical (unpaired) electrons. The molecule has 0 saturated heterocycles. The molecule has 9 heteroatoms. The van der Waals surface area contributed by atoms with Crippen molar-refractivity contribution in [1.29, 1.82) is 0 Å². The third-order valence-electron chi connectivity index (χ3n) is 3.07. The molecule has 0 aliphatic carbocycles. The molecule has 0 saturated carbocycles. The summed E-state index contributed by atoms with van der Waals surface area (Å²) in [4.78, 5) is 1.50. The number of hydrogen-bond acceptors (Lipinski definition) is 7. The first-order chi connectivity index (χ1) is 11.1. The molecule has 120 valence electrons. The van der Waals surface area contributed by atoms with E-state index >= 15 is 0 Å². The van der Waals surface area contributed by atoms with Gasteiger partial charge in [-0.2, -0.15) is 0 Å². The van der Waals surface area contributed by atoms with E-state index in [2.05, 4.69) is 15.5 Å². The Hall–Kier alpha value is -1.71. The molecule has 0 atom stereocenters. The predicted molar refractivity (Wildman–Crippen MR) is 90.5 cm³/mol. The Bertz CT molecular complexity index is 845. The molecule has 23 heavy (non-hydrogen) atoms.